The predicted octanol–water partition coefficient (Wildman–Crippen LogP) is 1.46. The van der Waals surface area contributed by atoms with Crippen molar-refractivity contribution in [1.29, 1.82) is 0 Å². The van der Waals surface area contributed by atoms with E-state index in [-0.39, 0.29) is 11.6 Å². The molecule has 8 heteroatoms. The lowest BCUT2D eigenvalue weighted by molar-refractivity contribution is 0.0954. The van der Waals surface area contributed by atoms with Gasteiger partial charge in [0, 0.05) is 12.7 Å². The molecule has 6 nitrogen and oxygen atoms in total. The van der Waals surface area contributed by atoms with Crippen LogP contribution in [0.5, 0.6) is 0 Å². The van der Waals surface area contributed by atoms with E-state index < -0.39 is 13.0 Å². The normalized spacial score (nSPS) is 14.7. The molecule has 1 N–H and O–H groups in total. The second kappa shape index (κ2) is 5.03. The molecule has 1 aliphatic heterocycles. The molecule has 20 heavy (non-hydrogen) atoms. The number of anilines is 1. The summed E-state index contributed by atoms with van der Waals surface area (Å²) in [5.41, 5.74) is 1.77. The number of halogens is 2. The van der Waals surface area contributed by atoms with Gasteiger partial charge in [0.1, 0.15) is 12.2 Å². The van der Waals surface area contributed by atoms with E-state index in [4.69, 9.17) is 0 Å². The number of amides is 1. The molecule has 0 fully saturated rings. The molecule has 0 atom stereocenters. The highest BCUT2D eigenvalue weighted by Crippen LogP contribution is 2.26. The number of aromatic nitrogens is 4. The topological polar surface area (TPSA) is 66.8 Å². The number of fused-ring (bicyclic) bond motifs is 1. The first kappa shape index (κ1) is 12.8. The Labute approximate surface area is 113 Å². The Hall–Kier alpha value is -2.25. The average Bonchev–Trinajstić information content (AvgIpc) is 3.05. The number of H-pyrrole nitrogens is 1. The summed E-state index contributed by atoms with van der Waals surface area (Å²) in [6.07, 6.45) is 2.03. The zero-order chi connectivity index (χ0) is 14.1. The lowest BCUT2D eigenvalue weighted by Gasteiger charge is -2.26. The van der Waals surface area contributed by atoms with Gasteiger partial charge in [0.05, 0.1) is 17.6 Å². The maximum Gasteiger partial charge on any atom is 0.276 e. The van der Waals surface area contributed by atoms with Gasteiger partial charge in [0.25, 0.3) is 12.3 Å². The number of carbonyl (C=O) groups is 1. The third kappa shape index (κ3) is 2.17. The second-order valence-electron chi connectivity index (χ2n) is 4.58. The Balaban J connectivity index is 1.89. The van der Waals surface area contributed by atoms with Crippen LogP contribution in [0.3, 0.4) is 0 Å². The minimum absolute atomic E-state index is 0.166. The van der Waals surface area contributed by atoms with Crippen LogP contribution in [0.4, 0.5) is 14.5 Å². The third-order valence-electron chi connectivity index (χ3n) is 3.29. The summed E-state index contributed by atoms with van der Waals surface area (Å²) in [7, 11) is 0. The van der Waals surface area contributed by atoms with Crippen molar-refractivity contribution < 1.29 is 13.6 Å². The molecule has 0 unspecified atom stereocenters. The molecule has 2 aromatic rings. The van der Waals surface area contributed by atoms with E-state index >= 15 is 0 Å². The van der Waals surface area contributed by atoms with Crippen LogP contribution in [-0.4, -0.2) is 38.9 Å². The van der Waals surface area contributed by atoms with E-state index in [1.807, 2.05) is 0 Å². The van der Waals surface area contributed by atoms with Gasteiger partial charge >= 0.3 is 0 Å². The highest BCUT2D eigenvalue weighted by atomic mass is 19.3. The quantitative estimate of drug-likeness (QED) is 0.926. The van der Waals surface area contributed by atoms with Crippen molar-refractivity contribution in [2.45, 2.75) is 25.8 Å². The van der Waals surface area contributed by atoms with Crippen LogP contribution in [0, 0.1) is 0 Å². The van der Waals surface area contributed by atoms with Crippen LogP contribution in [0.1, 0.15) is 22.6 Å². The summed E-state index contributed by atoms with van der Waals surface area (Å²) in [6.45, 7) is -0.0363. The maximum absolute atomic E-state index is 12.5. The number of nitrogens with zero attached hydrogens (tertiary/aromatic N) is 4. The van der Waals surface area contributed by atoms with E-state index in [1.165, 1.54) is 12.3 Å². The second-order valence-corrected chi connectivity index (χ2v) is 4.58. The Bertz CT molecular complexity index is 621. The fourth-order valence-corrected chi connectivity index (χ4v) is 2.40. The number of hydrogen-bond donors (Lipinski definition) is 1. The average molecular weight is 281 g/mol. The molecule has 0 aliphatic carbocycles. The first-order valence-electron chi connectivity index (χ1n) is 6.31. The van der Waals surface area contributed by atoms with Crippen molar-refractivity contribution in [2.75, 3.05) is 11.4 Å². The predicted molar refractivity (Wildman–Crippen MR) is 66.8 cm³/mol. The van der Waals surface area contributed by atoms with Crippen LogP contribution in [0.25, 0.3) is 0 Å². The molecule has 0 bridgehead atoms. The number of hydrogen-bond acceptors (Lipinski definition) is 3. The van der Waals surface area contributed by atoms with Crippen molar-refractivity contribution in [3.8, 4) is 0 Å². The van der Waals surface area contributed by atoms with Crippen LogP contribution in [0.15, 0.2) is 18.5 Å². The highest BCUT2D eigenvalue weighted by molar-refractivity contribution is 6.05. The van der Waals surface area contributed by atoms with Gasteiger partial charge in [0.15, 0.2) is 0 Å². The monoisotopic (exact) mass is 281 g/mol. The molecule has 106 valence electrons. The zero-order valence-corrected chi connectivity index (χ0v) is 10.6. The third-order valence-corrected chi connectivity index (χ3v) is 3.29. The van der Waals surface area contributed by atoms with Gasteiger partial charge in [-0.15, -0.1) is 0 Å². The van der Waals surface area contributed by atoms with Crippen molar-refractivity contribution in [3.63, 3.8) is 0 Å². The summed E-state index contributed by atoms with van der Waals surface area (Å²) in [4.78, 5) is 14.1. The SMILES string of the molecule is O=C(c1ccnn1CC(F)F)N1CCCc2[nH]ncc21. The summed E-state index contributed by atoms with van der Waals surface area (Å²) < 4.78 is 26.0. The molecule has 3 heterocycles. The van der Waals surface area contributed by atoms with Crippen molar-refractivity contribution >= 4 is 11.6 Å². The lowest BCUT2D eigenvalue weighted by Crippen LogP contribution is -2.36. The van der Waals surface area contributed by atoms with E-state index in [9.17, 15) is 13.6 Å². The van der Waals surface area contributed by atoms with Gasteiger partial charge in [0.2, 0.25) is 0 Å². The molecular formula is C12H13F2N5O. The van der Waals surface area contributed by atoms with E-state index in [1.54, 1.807) is 11.1 Å². The summed E-state index contributed by atoms with van der Waals surface area (Å²) in [6, 6.07) is 1.46. The molecule has 1 amide bonds. The molecular weight excluding hydrogens is 268 g/mol. The first-order valence-corrected chi connectivity index (χ1v) is 6.31. The Morgan fingerprint density at radius 1 is 1.50 bits per heavy atom. The molecule has 0 radical (unpaired) electrons. The number of alkyl halides is 2. The molecule has 0 saturated carbocycles. The molecule has 3 rings (SSSR count). The van der Waals surface area contributed by atoms with Crippen LogP contribution in [0.2, 0.25) is 0 Å². The Kier molecular flexibility index (Phi) is 3.21. The van der Waals surface area contributed by atoms with Crippen molar-refractivity contribution in [3.05, 3.63) is 29.8 Å². The van der Waals surface area contributed by atoms with E-state index in [2.05, 4.69) is 15.3 Å². The molecule has 2 aromatic heterocycles. The standard InChI is InChI=1S/C12H13F2N5O/c13-11(14)7-19-9(3-4-16-19)12(20)18-5-1-2-8-10(18)6-15-17-8/h3-4,6,11H,1-2,5,7H2,(H,15,17). The fraction of sp³-hybridized carbons (Fsp3) is 0.417. The van der Waals surface area contributed by atoms with Gasteiger partial charge in [-0.25, -0.2) is 8.78 Å². The van der Waals surface area contributed by atoms with Gasteiger partial charge < -0.3 is 4.90 Å². The largest absolute Gasteiger partial charge is 0.304 e. The molecule has 0 aromatic carbocycles. The minimum atomic E-state index is -2.55. The fourth-order valence-electron chi connectivity index (χ4n) is 2.40. The van der Waals surface area contributed by atoms with Crippen LogP contribution < -0.4 is 4.90 Å². The van der Waals surface area contributed by atoms with Crippen LogP contribution in [-0.2, 0) is 13.0 Å². The van der Waals surface area contributed by atoms with Gasteiger partial charge in [-0.05, 0) is 18.9 Å². The number of rotatable bonds is 3. The molecule has 1 aliphatic rings. The summed E-state index contributed by atoms with van der Waals surface area (Å²) in [5.74, 6) is -0.328. The van der Waals surface area contributed by atoms with Gasteiger partial charge in [-0.3, -0.25) is 14.6 Å². The summed E-state index contributed by atoms with van der Waals surface area (Å²) >= 11 is 0. The van der Waals surface area contributed by atoms with Gasteiger partial charge in [-0.2, -0.15) is 10.2 Å². The van der Waals surface area contributed by atoms with Crippen molar-refractivity contribution in [2.24, 2.45) is 0 Å². The van der Waals surface area contributed by atoms with Crippen molar-refractivity contribution in [1.82, 2.24) is 20.0 Å². The summed E-state index contributed by atoms with van der Waals surface area (Å²) in [5, 5.41) is 10.6. The zero-order valence-electron chi connectivity index (χ0n) is 10.6. The number of nitrogens with one attached hydrogen (secondary N) is 1. The molecule has 0 saturated heterocycles. The Morgan fingerprint density at radius 2 is 2.35 bits per heavy atom. The number of aryl methyl sites for hydroxylation is 1. The number of carbonyl (C=O) groups excluding carboxylic acids is 1. The van der Waals surface area contributed by atoms with E-state index in [0.717, 1.165) is 23.2 Å². The van der Waals surface area contributed by atoms with E-state index in [0.29, 0.717) is 12.2 Å². The first-order chi connectivity index (χ1) is 9.66. The lowest BCUT2D eigenvalue weighted by atomic mass is 10.1. The maximum atomic E-state index is 12.5. The van der Waals surface area contributed by atoms with Crippen LogP contribution >= 0.6 is 0 Å². The number of aromatic amines is 1. The smallest absolute Gasteiger partial charge is 0.276 e. The molecule has 0 spiro atoms. The van der Waals surface area contributed by atoms with Gasteiger partial charge in [-0.1, -0.05) is 0 Å². The highest BCUT2D eigenvalue weighted by Gasteiger charge is 2.27. The Morgan fingerprint density at radius 3 is 3.15 bits per heavy atom. The minimum Gasteiger partial charge on any atom is -0.304 e.